The van der Waals surface area contributed by atoms with Crippen molar-refractivity contribution in [3.8, 4) is 0 Å². The molecule has 2 bridgehead atoms. The molecule has 0 unspecified atom stereocenters. The molecular weight excluding hydrogens is 532 g/mol. The Hall–Kier alpha value is -4.01. The number of Topliss-reactive ketones (excluding diaryl/α,β-unsaturated/α-hetero) is 1. The first kappa shape index (κ1) is 28.1. The second kappa shape index (κ2) is 11.7. The Morgan fingerprint density at radius 1 is 0.905 bits per heavy atom. The summed E-state index contributed by atoms with van der Waals surface area (Å²) in [6, 6.07) is 13.4. The monoisotopic (exact) mass is 570 g/mol. The zero-order valence-corrected chi connectivity index (χ0v) is 24.0. The van der Waals surface area contributed by atoms with Gasteiger partial charge in [-0.25, -0.2) is 0 Å². The number of likely N-dealkylation sites (tertiary alicyclic amines) is 1. The van der Waals surface area contributed by atoms with Crippen LogP contribution in [-0.2, 0) is 27.2 Å². The van der Waals surface area contributed by atoms with Gasteiger partial charge in [0.2, 0.25) is 17.7 Å². The Morgan fingerprint density at radius 2 is 1.71 bits per heavy atom. The van der Waals surface area contributed by atoms with E-state index in [0.29, 0.717) is 62.9 Å². The summed E-state index contributed by atoms with van der Waals surface area (Å²) in [5.74, 6) is -0.462. The van der Waals surface area contributed by atoms with Crippen molar-refractivity contribution in [1.82, 2.24) is 20.4 Å². The SMILES string of the molecule is C[C@H]1NC(=O)CCC[C@H]2[C@@H]3C[C@@H](CN(C(=O)c4cccc5c4CCC5=O)C3)CN2C(=O)[C@H](Cc2ccccc2)NC1=O. The molecule has 1 aliphatic carbocycles. The molecular formula is C33H38N4O5. The van der Waals surface area contributed by atoms with Crippen molar-refractivity contribution in [2.45, 2.75) is 70.0 Å². The number of rotatable bonds is 3. The quantitative estimate of drug-likeness (QED) is 0.589. The lowest BCUT2D eigenvalue weighted by Crippen LogP contribution is -2.64. The number of hydrogen-bond donors (Lipinski definition) is 2. The number of nitrogens with zero attached hydrogens (tertiary/aromatic N) is 2. The summed E-state index contributed by atoms with van der Waals surface area (Å²) >= 11 is 0. The lowest BCUT2D eigenvalue weighted by Gasteiger charge is -2.51. The van der Waals surface area contributed by atoms with Gasteiger partial charge in [-0.15, -0.1) is 0 Å². The van der Waals surface area contributed by atoms with E-state index in [0.717, 1.165) is 17.5 Å². The van der Waals surface area contributed by atoms with Crippen LogP contribution in [0, 0.1) is 11.8 Å². The van der Waals surface area contributed by atoms with Crippen LogP contribution in [0.1, 0.15) is 70.9 Å². The molecule has 6 rings (SSSR count). The molecule has 4 aliphatic rings. The highest BCUT2D eigenvalue weighted by Crippen LogP contribution is 2.37. The first-order chi connectivity index (χ1) is 20.3. The fourth-order valence-electron chi connectivity index (χ4n) is 7.40. The van der Waals surface area contributed by atoms with E-state index in [-0.39, 0.29) is 53.7 Å². The fourth-order valence-corrected chi connectivity index (χ4v) is 7.40. The van der Waals surface area contributed by atoms with Gasteiger partial charge in [0.15, 0.2) is 5.78 Å². The zero-order valence-electron chi connectivity index (χ0n) is 24.0. The van der Waals surface area contributed by atoms with Crippen molar-refractivity contribution in [3.05, 3.63) is 70.8 Å². The minimum atomic E-state index is -0.762. The Kier molecular flexibility index (Phi) is 7.84. The van der Waals surface area contributed by atoms with Gasteiger partial charge in [-0.3, -0.25) is 24.0 Å². The second-order valence-corrected chi connectivity index (χ2v) is 12.3. The second-order valence-electron chi connectivity index (χ2n) is 12.3. The van der Waals surface area contributed by atoms with Crippen LogP contribution in [0.2, 0.25) is 0 Å². The van der Waals surface area contributed by atoms with Crippen molar-refractivity contribution in [2.24, 2.45) is 11.8 Å². The van der Waals surface area contributed by atoms with Crippen LogP contribution in [0.15, 0.2) is 48.5 Å². The Balaban J connectivity index is 1.27. The molecule has 3 saturated heterocycles. The average molecular weight is 571 g/mol. The molecule has 3 heterocycles. The van der Waals surface area contributed by atoms with Crippen molar-refractivity contribution in [2.75, 3.05) is 19.6 Å². The summed E-state index contributed by atoms with van der Waals surface area (Å²) in [6.07, 6.45) is 3.80. The van der Waals surface area contributed by atoms with E-state index in [1.54, 1.807) is 13.0 Å². The van der Waals surface area contributed by atoms with Crippen LogP contribution >= 0.6 is 0 Å². The number of fused-ring (bicyclic) bond motifs is 5. The average Bonchev–Trinajstić information content (AvgIpc) is 3.37. The number of carbonyl (C=O) groups is 5. The van der Waals surface area contributed by atoms with Crippen molar-refractivity contribution >= 4 is 29.4 Å². The van der Waals surface area contributed by atoms with Gasteiger partial charge in [0.05, 0.1) is 0 Å². The summed E-state index contributed by atoms with van der Waals surface area (Å²) in [5.41, 5.74) is 3.07. The minimum Gasteiger partial charge on any atom is -0.345 e. The zero-order chi connectivity index (χ0) is 29.4. The number of benzene rings is 2. The summed E-state index contributed by atoms with van der Waals surface area (Å²) in [7, 11) is 0. The van der Waals surface area contributed by atoms with Crippen LogP contribution < -0.4 is 10.6 Å². The normalized spacial score (nSPS) is 28.2. The lowest BCUT2D eigenvalue weighted by atomic mass is 9.77. The maximum absolute atomic E-state index is 14.3. The summed E-state index contributed by atoms with van der Waals surface area (Å²) in [4.78, 5) is 69.9. The van der Waals surface area contributed by atoms with E-state index >= 15 is 0 Å². The summed E-state index contributed by atoms with van der Waals surface area (Å²) in [5, 5.41) is 5.71. The molecule has 42 heavy (non-hydrogen) atoms. The Bertz CT molecular complexity index is 1410. The molecule has 220 valence electrons. The largest absolute Gasteiger partial charge is 0.345 e. The van der Waals surface area contributed by atoms with E-state index in [1.165, 1.54) is 0 Å². The van der Waals surface area contributed by atoms with Gasteiger partial charge < -0.3 is 20.4 Å². The van der Waals surface area contributed by atoms with Gasteiger partial charge in [-0.05, 0) is 61.6 Å². The van der Waals surface area contributed by atoms with Gasteiger partial charge in [-0.1, -0.05) is 42.5 Å². The topological polar surface area (TPSA) is 116 Å². The summed E-state index contributed by atoms with van der Waals surface area (Å²) < 4.78 is 0. The van der Waals surface area contributed by atoms with E-state index in [1.807, 2.05) is 52.3 Å². The number of nitrogens with one attached hydrogen (secondary N) is 2. The lowest BCUT2D eigenvalue weighted by molar-refractivity contribution is -0.145. The van der Waals surface area contributed by atoms with Crippen molar-refractivity contribution < 1.29 is 24.0 Å². The standard InChI is InChI=1S/C33H38N4O5/c1-20-31(40)35-27(16-21-7-3-2-4-8-21)33(42)37-18-22-15-23(28(37)11-6-12-30(39)34-20)19-36(17-22)32(41)26-10-5-9-25-24(26)13-14-29(25)38/h2-5,7-10,20,22-23,27-28H,6,11-19H2,1H3,(H,34,39)(H,35,40)/t20-,22+,23-,27+,28+/m1/s1. The molecule has 0 radical (unpaired) electrons. The third kappa shape index (κ3) is 5.56. The number of ketones is 1. The van der Waals surface area contributed by atoms with E-state index < -0.39 is 12.1 Å². The van der Waals surface area contributed by atoms with E-state index in [4.69, 9.17) is 0 Å². The molecule has 5 atom stereocenters. The highest BCUT2D eigenvalue weighted by atomic mass is 16.2. The third-order valence-corrected chi connectivity index (χ3v) is 9.42. The maximum Gasteiger partial charge on any atom is 0.254 e. The number of amides is 4. The molecule has 9 heteroatoms. The molecule has 3 aliphatic heterocycles. The minimum absolute atomic E-state index is 0.0493. The third-order valence-electron chi connectivity index (χ3n) is 9.42. The van der Waals surface area contributed by atoms with Crippen LogP contribution in [0.4, 0.5) is 0 Å². The predicted molar refractivity (Wildman–Crippen MR) is 156 cm³/mol. The predicted octanol–water partition coefficient (Wildman–Crippen LogP) is 2.52. The van der Waals surface area contributed by atoms with Crippen LogP contribution in [0.5, 0.6) is 0 Å². The van der Waals surface area contributed by atoms with Crippen LogP contribution in [0.3, 0.4) is 0 Å². The molecule has 0 saturated carbocycles. The molecule has 2 N–H and O–H groups in total. The Labute approximate surface area is 246 Å². The first-order valence-corrected chi connectivity index (χ1v) is 15.2. The molecule has 2 aromatic rings. The maximum atomic E-state index is 14.3. The highest BCUT2D eigenvalue weighted by Gasteiger charge is 2.45. The van der Waals surface area contributed by atoms with E-state index in [9.17, 15) is 24.0 Å². The van der Waals surface area contributed by atoms with Crippen molar-refractivity contribution in [1.29, 1.82) is 0 Å². The smallest absolute Gasteiger partial charge is 0.254 e. The van der Waals surface area contributed by atoms with E-state index in [2.05, 4.69) is 10.6 Å². The molecule has 3 fully saturated rings. The molecule has 4 amide bonds. The number of piperidine rings is 2. The molecule has 9 nitrogen and oxygen atoms in total. The van der Waals surface area contributed by atoms with Gasteiger partial charge in [0.25, 0.3) is 5.91 Å². The van der Waals surface area contributed by atoms with Gasteiger partial charge in [0.1, 0.15) is 12.1 Å². The number of carbonyl (C=O) groups excluding carboxylic acids is 5. The van der Waals surface area contributed by atoms with Crippen LogP contribution in [-0.4, -0.2) is 77.0 Å². The van der Waals surface area contributed by atoms with Crippen molar-refractivity contribution in [3.63, 3.8) is 0 Å². The number of hydrogen-bond acceptors (Lipinski definition) is 5. The molecule has 2 aromatic carbocycles. The fraction of sp³-hybridized carbons (Fsp3) is 0.485. The van der Waals surface area contributed by atoms with Gasteiger partial charge in [0, 0.05) is 56.1 Å². The Morgan fingerprint density at radius 3 is 2.52 bits per heavy atom. The van der Waals surface area contributed by atoms with Crippen LogP contribution in [0.25, 0.3) is 0 Å². The van der Waals surface area contributed by atoms with Gasteiger partial charge in [-0.2, -0.15) is 0 Å². The summed E-state index contributed by atoms with van der Waals surface area (Å²) in [6.45, 7) is 3.19. The first-order valence-electron chi connectivity index (χ1n) is 15.2. The highest BCUT2D eigenvalue weighted by molar-refractivity contribution is 6.05. The molecule has 0 aromatic heterocycles. The molecule has 0 spiro atoms. The van der Waals surface area contributed by atoms with Gasteiger partial charge >= 0.3 is 0 Å².